The maximum absolute atomic E-state index is 11.8. The summed E-state index contributed by atoms with van der Waals surface area (Å²) in [6.07, 6.45) is 2.00. The molecular weight excluding hydrogens is 276 g/mol. The lowest BCUT2D eigenvalue weighted by Gasteiger charge is -2.11. The quantitative estimate of drug-likeness (QED) is 0.689. The number of carbonyl (C=O) groups is 1. The Hall–Kier alpha value is -2.62. The smallest absolute Gasteiger partial charge is 0.313 e. The number of ether oxygens (including phenoxy) is 1. The standard InChI is InChI=1S/C18H18N2O2/c1-3-22-18(21)13(2)14-8-10-16(11-9-14)20-12-15-6-4-5-7-17(15)19-20/h4-13H,3H2,1-2H3. The third-order valence-electron chi connectivity index (χ3n) is 3.71. The number of hydrogen-bond donors (Lipinski definition) is 0. The fraction of sp³-hybridized carbons (Fsp3) is 0.222. The molecular formula is C18H18N2O2. The van der Waals surface area contributed by atoms with E-state index in [2.05, 4.69) is 5.10 Å². The zero-order valence-corrected chi connectivity index (χ0v) is 12.7. The molecule has 4 nitrogen and oxygen atoms in total. The number of benzene rings is 2. The minimum Gasteiger partial charge on any atom is -0.466 e. The minimum absolute atomic E-state index is 0.194. The number of aromatic nitrogens is 2. The van der Waals surface area contributed by atoms with Gasteiger partial charge in [0.25, 0.3) is 0 Å². The minimum atomic E-state index is -0.259. The van der Waals surface area contributed by atoms with Gasteiger partial charge >= 0.3 is 5.97 Å². The average Bonchev–Trinajstić information content (AvgIpc) is 2.98. The van der Waals surface area contributed by atoms with Crippen molar-refractivity contribution in [3.63, 3.8) is 0 Å². The zero-order valence-electron chi connectivity index (χ0n) is 12.7. The summed E-state index contributed by atoms with van der Waals surface area (Å²) in [6, 6.07) is 15.8. The van der Waals surface area contributed by atoms with Gasteiger partial charge in [0, 0.05) is 11.6 Å². The molecule has 1 heterocycles. The van der Waals surface area contributed by atoms with E-state index in [0.717, 1.165) is 22.2 Å². The van der Waals surface area contributed by atoms with Crippen LogP contribution in [0.2, 0.25) is 0 Å². The highest BCUT2D eigenvalue weighted by molar-refractivity contribution is 5.79. The van der Waals surface area contributed by atoms with Gasteiger partial charge < -0.3 is 4.74 Å². The highest BCUT2D eigenvalue weighted by Gasteiger charge is 2.16. The Labute approximate surface area is 129 Å². The monoisotopic (exact) mass is 294 g/mol. The first-order chi connectivity index (χ1) is 10.7. The molecule has 0 saturated carbocycles. The molecule has 3 aromatic rings. The van der Waals surface area contributed by atoms with Gasteiger partial charge in [-0.2, -0.15) is 5.10 Å². The van der Waals surface area contributed by atoms with E-state index in [9.17, 15) is 4.79 Å². The van der Waals surface area contributed by atoms with Gasteiger partial charge in [0.2, 0.25) is 0 Å². The van der Waals surface area contributed by atoms with Gasteiger partial charge in [-0.1, -0.05) is 30.3 Å². The molecule has 4 heteroatoms. The molecule has 0 aliphatic heterocycles. The first-order valence-corrected chi connectivity index (χ1v) is 7.40. The van der Waals surface area contributed by atoms with E-state index in [0.29, 0.717) is 6.61 Å². The number of hydrogen-bond acceptors (Lipinski definition) is 3. The molecule has 0 spiro atoms. The number of esters is 1. The van der Waals surface area contributed by atoms with Crippen LogP contribution in [-0.4, -0.2) is 22.4 Å². The summed E-state index contributed by atoms with van der Waals surface area (Å²) in [4.78, 5) is 11.8. The largest absolute Gasteiger partial charge is 0.466 e. The summed E-state index contributed by atoms with van der Waals surface area (Å²) in [5, 5.41) is 5.65. The second-order valence-corrected chi connectivity index (χ2v) is 5.20. The molecule has 0 bridgehead atoms. The van der Waals surface area contributed by atoms with Crippen molar-refractivity contribution in [2.75, 3.05) is 6.61 Å². The van der Waals surface area contributed by atoms with Crippen LogP contribution in [0.1, 0.15) is 25.3 Å². The van der Waals surface area contributed by atoms with Crippen LogP contribution in [-0.2, 0) is 9.53 Å². The summed E-state index contributed by atoms with van der Waals surface area (Å²) in [7, 11) is 0. The van der Waals surface area contributed by atoms with Gasteiger partial charge in [0.1, 0.15) is 0 Å². The second-order valence-electron chi connectivity index (χ2n) is 5.20. The van der Waals surface area contributed by atoms with E-state index >= 15 is 0 Å². The Morgan fingerprint density at radius 1 is 1.18 bits per heavy atom. The van der Waals surface area contributed by atoms with Crippen molar-refractivity contribution >= 4 is 16.9 Å². The van der Waals surface area contributed by atoms with E-state index in [1.807, 2.05) is 73.3 Å². The normalized spacial score (nSPS) is 12.3. The first-order valence-electron chi connectivity index (χ1n) is 7.40. The summed E-state index contributed by atoms with van der Waals surface area (Å²) < 4.78 is 6.91. The van der Waals surface area contributed by atoms with Crippen molar-refractivity contribution in [1.29, 1.82) is 0 Å². The molecule has 1 atom stereocenters. The fourth-order valence-electron chi connectivity index (χ4n) is 2.42. The van der Waals surface area contributed by atoms with Crippen LogP contribution in [0, 0.1) is 0 Å². The van der Waals surface area contributed by atoms with Gasteiger partial charge in [-0.25, -0.2) is 4.68 Å². The van der Waals surface area contributed by atoms with Gasteiger partial charge in [-0.15, -0.1) is 0 Å². The summed E-state index contributed by atoms with van der Waals surface area (Å²) >= 11 is 0. The van der Waals surface area contributed by atoms with E-state index in [1.54, 1.807) is 0 Å². The van der Waals surface area contributed by atoms with Crippen LogP contribution in [0.15, 0.2) is 54.7 Å². The Bertz CT molecular complexity index is 757. The Morgan fingerprint density at radius 3 is 2.59 bits per heavy atom. The van der Waals surface area contributed by atoms with E-state index < -0.39 is 0 Å². The molecule has 1 unspecified atom stereocenters. The van der Waals surface area contributed by atoms with Crippen LogP contribution >= 0.6 is 0 Å². The Kier molecular flexibility index (Phi) is 3.92. The third kappa shape index (κ3) is 2.72. The Morgan fingerprint density at radius 2 is 1.91 bits per heavy atom. The molecule has 22 heavy (non-hydrogen) atoms. The van der Waals surface area contributed by atoms with Gasteiger partial charge in [0.05, 0.1) is 23.7 Å². The van der Waals surface area contributed by atoms with Gasteiger partial charge in [0.15, 0.2) is 0 Å². The lowest BCUT2D eigenvalue weighted by atomic mass is 10.0. The maximum atomic E-state index is 11.8. The molecule has 0 aliphatic rings. The number of nitrogens with zero attached hydrogens (tertiary/aromatic N) is 2. The highest BCUT2D eigenvalue weighted by Crippen LogP contribution is 2.20. The summed E-state index contributed by atoms with van der Waals surface area (Å²) in [6.45, 7) is 4.08. The molecule has 0 saturated heterocycles. The molecule has 0 N–H and O–H groups in total. The molecule has 1 aromatic heterocycles. The third-order valence-corrected chi connectivity index (χ3v) is 3.71. The van der Waals surface area contributed by atoms with E-state index in [4.69, 9.17) is 4.74 Å². The van der Waals surface area contributed by atoms with Crippen molar-refractivity contribution in [3.8, 4) is 5.69 Å². The van der Waals surface area contributed by atoms with Gasteiger partial charge in [-0.05, 0) is 37.6 Å². The van der Waals surface area contributed by atoms with Crippen LogP contribution in [0.5, 0.6) is 0 Å². The molecule has 2 aromatic carbocycles. The maximum Gasteiger partial charge on any atom is 0.313 e. The lowest BCUT2D eigenvalue weighted by Crippen LogP contribution is -2.13. The molecule has 0 radical (unpaired) electrons. The van der Waals surface area contributed by atoms with Gasteiger partial charge in [-0.3, -0.25) is 4.79 Å². The van der Waals surface area contributed by atoms with Crippen molar-refractivity contribution in [1.82, 2.24) is 9.78 Å². The number of fused-ring (bicyclic) bond motifs is 1. The second kappa shape index (κ2) is 6.02. The predicted molar refractivity (Wildman–Crippen MR) is 86.1 cm³/mol. The van der Waals surface area contributed by atoms with Crippen molar-refractivity contribution in [2.24, 2.45) is 0 Å². The number of rotatable bonds is 4. The van der Waals surface area contributed by atoms with Crippen molar-refractivity contribution < 1.29 is 9.53 Å². The topological polar surface area (TPSA) is 44.1 Å². The van der Waals surface area contributed by atoms with Crippen LogP contribution in [0.25, 0.3) is 16.6 Å². The summed E-state index contributed by atoms with van der Waals surface area (Å²) in [5.74, 6) is -0.453. The van der Waals surface area contributed by atoms with E-state index in [-0.39, 0.29) is 11.9 Å². The predicted octanol–water partition coefficient (Wildman–Crippen LogP) is 3.69. The molecule has 3 rings (SSSR count). The molecule has 112 valence electrons. The summed E-state index contributed by atoms with van der Waals surface area (Å²) in [5.41, 5.74) is 2.88. The van der Waals surface area contributed by atoms with E-state index in [1.165, 1.54) is 0 Å². The Balaban J connectivity index is 1.86. The van der Waals surface area contributed by atoms with Crippen molar-refractivity contribution in [3.05, 3.63) is 60.3 Å². The van der Waals surface area contributed by atoms with Crippen molar-refractivity contribution in [2.45, 2.75) is 19.8 Å². The molecule has 0 amide bonds. The molecule has 0 fully saturated rings. The first kappa shape index (κ1) is 14.3. The molecule has 0 aliphatic carbocycles. The van der Waals surface area contributed by atoms with Crippen LogP contribution in [0.4, 0.5) is 0 Å². The SMILES string of the molecule is CCOC(=O)C(C)c1ccc(-n2cc3ccccc3n2)cc1. The lowest BCUT2D eigenvalue weighted by molar-refractivity contribution is -0.144. The van der Waals surface area contributed by atoms with Crippen LogP contribution < -0.4 is 0 Å². The fourth-order valence-corrected chi connectivity index (χ4v) is 2.42. The number of carbonyl (C=O) groups excluding carboxylic acids is 1. The van der Waals surface area contributed by atoms with Crippen LogP contribution in [0.3, 0.4) is 0 Å². The zero-order chi connectivity index (χ0) is 15.5. The highest BCUT2D eigenvalue weighted by atomic mass is 16.5. The average molecular weight is 294 g/mol.